The molecule has 6 nitrogen and oxygen atoms in total. The molecule has 144 valence electrons. The first-order valence-electron chi connectivity index (χ1n) is 9.02. The second-order valence-electron chi connectivity index (χ2n) is 6.47. The Balaban J connectivity index is 1.70. The molecule has 3 aromatic rings. The van der Waals surface area contributed by atoms with Gasteiger partial charge in [0.2, 0.25) is 0 Å². The van der Waals surface area contributed by atoms with Gasteiger partial charge in [-0.25, -0.2) is 9.97 Å². The molecule has 0 radical (unpaired) electrons. The third-order valence-electron chi connectivity index (χ3n) is 4.85. The number of methoxy groups -OCH3 is 1. The summed E-state index contributed by atoms with van der Waals surface area (Å²) in [4.78, 5) is 10.9. The number of alkyl halides is 1. The van der Waals surface area contributed by atoms with Gasteiger partial charge in [0.25, 0.3) is 0 Å². The number of halogens is 1. The van der Waals surface area contributed by atoms with Gasteiger partial charge in [-0.2, -0.15) is 0 Å². The summed E-state index contributed by atoms with van der Waals surface area (Å²) >= 11 is 5.69. The topological polar surface area (TPSA) is 73.5 Å². The third kappa shape index (κ3) is 3.43. The number of aromatic nitrogens is 2. The first kappa shape index (κ1) is 18.4. The number of nitrogens with zero attached hydrogens (tertiary/aromatic N) is 3. The van der Waals surface area contributed by atoms with E-state index in [2.05, 4.69) is 20.9 Å². The van der Waals surface area contributed by atoms with E-state index in [1.165, 1.54) is 6.33 Å². The lowest BCUT2D eigenvalue weighted by Crippen LogP contribution is -2.16. The maximum absolute atomic E-state index is 6.25. The van der Waals surface area contributed by atoms with E-state index in [-0.39, 0.29) is 5.92 Å². The van der Waals surface area contributed by atoms with Crippen LogP contribution in [0.15, 0.2) is 54.9 Å². The van der Waals surface area contributed by atoms with Gasteiger partial charge in [-0.3, -0.25) is 0 Å². The molecule has 1 atom stereocenters. The SMILES string of the molecule is COc1cccc(C2CN(c3ccc(OCCCl)cc3)c3ncnc(N)c32)c1. The van der Waals surface area contributed by atoms with E-state index in [4.69, 9.17) is 26.8 Å². The molecule has 1 aliphatic rings. The van der Waals surface area contributed by atoms with Crippen LogP contribution < -0.4 is 20.1 Å². The molecule has 0 fully saturated rings. The van der Waals surface area contributed by atoms with Gasteiger partial charge >= 0.3 is 0 Å². The van der Waals surface area contributed by atoms with E-state index in [0.29, 0.717) is 24.8 Å². The molecule has 7 heteroatoms. The van der Waals surface area contributed by atoms with Crippen molar-refractivity contribution in [1.29, 1.82) is 0 Å². The van der Waals surface area contributed by atoms with Gasteiger partial charge in [0.1, 0.15) is 36.1 Å². The van der Waals surface area contributed by atoms with E-state index in [1.807, 2.05) is 42.5 Å². The van der Waals surface area contributed by atoms with E-state index >= 15 is 0 Å². The normalized spacial score (nSPS) is 15.4. The first-order chi connectivity index (χ1) is 13.7. The lowest BCUT2D eigenvalue weighted by atomic mass is 9.94. The highest BCUT2D eigenvalue weighted by atomic mass is 35.5. The van der Waals surface area contributed by atoms with Crippen molar-refractivity contribution in [3.8, 4) is 11.5 Å². The Morgan fingerprint density at radius 3 is 2.71 bits per heavy atom. The van der Waals surface area contributed by atoms with Gasteiger partial charge in [0, 0.05) is 23.7 Å². The zero-order valence-electron chi connectivity index (χ0n) is 15.5. The standard InChI is InChI=1S/C21H21ClN4O2/c1-27-17-4-2-3-14(11-17)18-12-26(21-19(18)20(23)24-13-25-21)15-5-7-16(8-6-15)28-10-9-22/h2-8,11,13,18H,9-10,12H2,1H3,(H2,23,24,25). The average molecular weight is 397 g/mol. The monoisotopic (exact) mass is 396 g/mol. The smallest absolute Gasteiger partial charge is 0.142 e. The van der Waals surface area contributed by atoms with Crippen molar-refractivity contribution in [3.05, 3.63) is 66.0 Å². The summed E-state index contributed by atoms with van der Waals surface area (Å²) in [5.74, 6) is 3.44. The predicted octanol–water partition coefficient (Wildman–Crippen LogP) is 3.97. The van der Waals surface area contributed by atoms with E-state index < -0.39 is 0 Å². The molecule has 2 heterocycles. The molecule has 0 aliphatic carbocycles. The summed E-state index contributed by atoms with van der Waals surface area (Å²) < 4.78 is 11.0. The lowest BCUT2D eigenvalue weighted by molar-refractivity contribution is 0.343. The summed E-state index contributed by atoms with van der Waals surface area (Å²) in [6.07, 6.45) is 1.51. The van der Waals surface area contributed by atoms with Gasteiger partial charge in [-0.1, -0.05) is 12.1 Å². The second-order valence-corrected chi connectivity index (χ2v) is 6.85. The Kier molecular flexibility index (Phi) is 5.21. The van der Waals surface area contributed by atoms with Crippen LogP contribution in [0.25, 0.3) is 0 Å². The van der Waals surface area contributed by atoms with E-state index in [0.717, 1.165) is 34.1 Å². The van der Waals surface area contributed by atoms with Crippen molar-refractivity contribution in [3.63, 3.8) is 0 Å². The number of fused-ring (bicyclic) bond motifs is 1. The van der Waals surface area contributed by atoms with Crippen LogP contribution in [0.1, 0.15) is 17.0 Å². The molecule has 4 rings (SSSR count). The zero-order chi connectivity index (χ0) is 19.5. The van der Waals surface area contributed by atoms with Crippen LogP contribution in [0.4, 0.5) is 17.3 Å². The van der Waals surface area contributed by atoms with Gasteiger partial charge in [-0.05, 0) is 42.0 Å². The van der Waals surface area contributed by atoms with Crippen molar-refractivity contribution in [2.24, 2.45) is 0 Å². The van der Waals surface area contributed by atoms with Gasteiger partial charge < -0.3 is 20.1 Å². The first-order valence-corrected chi connectivity index (χ1v) is 9.55. The highest BCUT2D eigenvalue weighted by molar-refractivity contribution is 6.18. The van der Waals surface area contributed by atoms with Crippen LogP contribution in [0, 0.1) is 0 Å². The van der Waals surface area contributed by atoms with Crippen molar-refractivity contribution < 1.29 is 9.47 Å². The molecule has 0 saturated carbocycles. The molecule has 1 unspecified atom stereocenters. The molecule has 1 aliphatic heterocycles. The van der Waals surface area contributed by atoms with Crippen molar-refractivity contribution in [2.75, 3.05) is 36.8 Å². The minimum absolute atomic E-state index is 0.0541. The fourth-order valence-corrected chi connectivity index (χ4v) is 3.62. The summed E-state index contributed by atoms with van der Waals surface area (Å²) in [6.45, 7) is 1.20. The maximum Gasteiger partial charge on any atom is 0.142 e. The third-order valence-corrected chi connectivity index (χ3v) is 5.01. The quantitative estimate of drug-likeness (QED) is 0.635. The summed E-state index contributed by atoms with van der Waals surface area (Å²) in [7, 11) is 1.67. The Labute approximate surface area is 168 Å². The highest BCUT2D eigenvalue weighted by Crippen LogP contribution is 2.45. The van der Waals surface area contributed by atoms with Crippen LogP contribution in [0.2, 0.25) is 0 Å². The van der Waals surface area contributed by atoms with Crippen LogP contribution in [0.5, 0.6) is 11.5 Å². The lowest BCUT2D eigenvalue weighted by Gasteiger charge is -2.19. The fraction of sp³-hybridized carbons (Fsp3) is 0.238. The minimum Gasteiger partial charge on any atom is -0.497 e. The number of rotatable bonds is 6. The molecule has 0 bridgehead atoms. The molecule has 0 saturated heterocycles. The number of ether oxygens (including phenoxy) is 2. The molecule has 1 aromatic heterocycles. The fourth-order valence-electron chi connectivity index (χ4n) is 3.55. The molecule has 2 aromatic carbocycles. The van der Waals surface area contributed by atoms with Crippen molar-refractivity contribution >= 4 is 28.9 Å². The summed E-state index contributed by atoms with van der Waals surface area (Å²) in [5, 5.41) is 0. The van der Waals surface area contributed by atoms with Gasteiger partial charge in [-0.15, -0.1) is 11.6 Å². The molecule has 0 spiro atoms. The maximum atomic E-state index is 6.25. The zero-order valence-corrected chi connectivity index (χ0v) is 16.3. The number of nitrogens with two attached hydrogens (primary N) is 1. The highest BCUT2D eigenvalue weighted by Gasteiger charge is 2.34. The Morgan fingerprint density at radius 2 is 1.96 bits per heavy atom. The second kappa shape index (κ2) is 7.94. The molecule has 28 heavy (non-hydrogen) atoms. The largest absolute Gasteiger partial charge is 0.497 e. The van der Waals surface area contributed by atoms with E-state index in [9.17, 15) is 0 Å². The molecular formula is C21H21ClN4O2. The van der Waals surface area contributed by atoms with Crippen LogP contribution in [0.3, 0.4) is 0 Å². The van der Waals surface area contributed by atoms with Gasteiger partial charge in [0.15, 0.2) is 0 Å². The molecular weight excluding hydrogens is 376 g/mol. The van der Waals surface area contributed by atoms with Crippen LogP contribution in [-0.4, -0.2) is 36.1 Å². The van der Waals surface area contributed by atoms with Crippen LogP contribution in [-0.2, 0) is 0 Å². The Bertz CT molecular complexity index is 965. The Morgan fingerprint density at radius 1 is 1.14 bits per heavy atom. The average Bonchev–Trinajstić information content (AvgIpc) is 3.14. The minimum atomic E-state index is 0.0541. The number of benzene rings is 2. The number of hydrogen-bond donors (Lipinski definition) is 1. The van der Waals surface area contributed by atoms with Crippen molar-refractivity contribution in [1.82, 2.24) is 9.97 Å². The summed E-state index contributed by atoms with van der Waals surface area (Å²) in [6, 6.07) is 15.9. The molecule has 2 N–H and O–H groups in total. The number of nitrogen functional groups attached to an aromatic ring is 1. The van der Waals surface area contributed by atoms with E-state index in [1.54, 1.807) is 7.11 Å². The predicted molar refractivity (Wildman–Crippen MR) is 111 cm³/mol. The van der Waals surface area contributed by atoms with Crippen LogP contribution >= 0.6 is 11.6 Å². The molecule has 0 amide bonds. The number of hydrogen-bond acceptors (Lipinski definition) is 6. The number of anilines is 3. The van der Waals surface area contributed by atoms with Crippen molar-refractivity contribution in [2.45, 2.75) is 5.92 Å². The van der Waals surface area contributed by atoms with Gasteiger partial charge in [0.05, 0.1) is 13.0 Å². The Hall–Kier alpha value is -2.99. The summed E-state index contributed by atoms with van der Waals surface area (Å²) in [5.41, 5.74) is 9.32.